The molecule has 20 heavy (non-hydrogen) atoms. The zero-order valence-corrected chi connectivity index (χ0v) is 13.3. The lowest BCUT2D eigenvalue weighted by Gasteiger charge is -2.03. The fourth-order valence-corrected chi connectivity index (χ4v) is 3.22. The Hall–Kier alpha value is -1.29. The minimum atomic E-state index is 0.532. The maximum absolute atomic E-state index is 6.02. The summed E-state index contributed by atoms with van der Waals surface area (Å²) < 4.78 is 1.18. The first-order valence-corrected chi connectivity index (χ1v) is 7.70. The summed E-state index contributed by atoms with van der Waals surface area (Å²) in [6, 6.07) is 9.69. The second-order valence-electron chi connectivity index (χ2n) is 4.63. The lowest BCUT2D eigenvalue weighted by molar-refractivity contribution is 1.34. The van der Waals surface area contributed by atoms with Gasteiger partial charge in [0.1, 0.15) is 0 Å². The molecule has 1 heterocycles. The van der Waals surface area contributed by atoms with E-state index in [1.54, 1.807) is 23.5 Å². The molecule has 0 amide bonds. The Morgan fingerprint density at radius 1 is 1.05 bits per heavy atom. The molecule has 0 saturated carbocycles. The van der Waals surface area contributed by atoms with E-state index in [0.717, 1.165) is 16.3 Å². The molecule has 5 heteroatoms. The van der Waals surface area contributed by atoms with Crippen molar-refractivity contribution in [3.05, 3.63) is 51.5 Å². The molecule has 0 radical (unpaired) electrons. The Balaban J connectivity index is 1.98. The first-order chi connectivity index (χ1) is 9.54. The Bertz CT molecular complexity index is 796. The molecule has 3 aromatic rings. The third kappa shape index (κ3) is 2.49. The molecular formula is C15H12Cl2N2S. The molecule has 0 aliphatic rings. The molecule has 2 aromatic carbocycles. The molecule has 0 unspecified atom stereocenters. The van der Waals surface area contributed by atoms with Gasteiger partial charge in [-0.25, -0.2) is 4.98 Å². The van der Waals surface area contributed by atoms with Crippen LogP contribution in [0.3, 0.4) is 0 Å². The number of benzene rings is 2. The summed E-state index contributed by atoms with van der Waals surface area (Å²) in [7, 11) is 0. The molecule has 0 aliphatic carbocycles. The van der Waals surface area contributed by atoms with Gasteiger partial charge in [-0.05, 0) is 49.2 Å². The molecule has 0 fully saturated rings. The number of nitrogens with zero attached hydrogens (tertiary/aromatic N) is 1. The Morgan fingerprint density at radius 2 is 1.85 bits per heavy atom. The Labute approximate surface area is 131 Å². The number of aryl methyl sites for hydroxylation is 2. The van der Waals surface area contributed by atoms with Crippen LogP contribution in [0.5, 0.6) is 0 Å². The summed E-state index contributed by atoms with van der Waals surface area (Å²) in [5, 5.41) is 5.21. The molecule has 0 saturated heterocycles. The van der Waals surface area contributed by atoms with Gasteiger partial charge in [0.25, 0.3) is 0 Å². The highest BCUT2D eigenvalue weighted by Gasteiger charge is 2.08. The molecule has 2 nitrogen and oxygen atoms in total. The van der Waals surface area contributed by atoms with Gasteiger partial charge in [0.2, 0.25) is 0 Å². The molecule has 0 spiro atoms. The van der Waals surface area contributed by atoms with Crippen LogP contribution in [0.1, 0.15) is 11.1 Å². The van der Waals surface area contributed by atoms with E-state index in [4.69, 9.17) is 23.2 Å². The van der Waals surface area contributed by atoms with Crippen molar-refractivity contribution in [3.8, 4) is 0 Å². The first-order valence-electron chi connectivity index (χ1n) is 6.13. The van der Waals surface area contributed by atoms with Gasteiger partial charge >= 0.3 is 0 Å². The van der Waals surface area contributed by atoms with Gasteiger partial charge in [-0.2, -0.15) is 0 Å². The van der Waals surface area contributed by atoms with E-state index in [9.17, 15) is 0 Å². The van der Waals surface area contributed by atoms with E-state index in [-0.39, 0.29) is 0 Å². The third-order valence-corrected chi connectivity index (χ3v) is 4.93. The van der Waals surface area contributed by atoms with Crippen LogP contribution < -0.4 is 5.32 Å². The lowest BCUT2D eigenvalue weighted by atomic mass is 10.1. The molecule has 0 atom stereocenters. The van der Waals surface area contributed by atoms with E-state index in [2.05, 4.69) is 36.3 Å². The molecule has 1 aromatic heterocycles. The van der Waals surface area contributed by atoms with E-state index in [1.807, 2.05) is 6.07 Å². The number of fused-ring (bicyclic) bond motifs is 1. The van der Waals surface area contributed by atoms with Crippen LogP contribution in [0, 0.1) is 13.8 Å². The van der Waals surface area contributed by atoms with Crippen LogP contribution in [0.15, 0.2) is 30.3 Å². The zero-order valence-electron chi connectivity index (χ0n) is 11.0. The highest BCUT2D eigenvalue weighted by Crippen LogP contribution is 2.32. The van der Waals surface area contributed by atoms with Gasteiger partial charge in [-0.3, -0.25) is 0 Å². The van der Waals surface area contributed by atoms with Gasteiger partial charge in [0, 0.05) is 5.69 Å². The van der Waals surface area contributed by atoms with Crippen molar-refractivity contribution in [1.29, 1.82) is 0 Å². The summed E-state index contributed by atoms with van der Waals surface area (Å²) in [6.45, 7) is 4.19. The minimum absolute atomic E-state index is 0.532. The van der Waals surface area contributed by atoms with Crippen molar-refractivity contribution >= 4 is 55.6 Å². The number of thiazole rings is 1. The predicted octanol–water partition coefficient (Wildman–Crippen LogP) is 5.96. The monoisotopic (exact) mass is 322 g/mol. The number of hydrogen-bond acceptors (Lipinski definition) is 3. The topological polar surface area (TPSA) is 24.9 Å². The van der Waals surface area contributed by atoms with Crippen molar-refractivity contribution in [2.24, 2.45) is 0 Å². The van der Waals surface area contributed by atoms with Crippen molar-refractivity contribution in [2.75, 3.05) is 5.32 Å². The third-order valence-electron chi connectivity index (χ3n) is 3.26. The number of hydrogen-bond donors (Lipinski definition) is 1. The van der Waals surface area contributed by atoms with E-state index >= 15 is 0 Å². The van der Waals surface area contributed by atoms with Crippen molar-refractivity contribution in [3.63, 3.8) is 0 Å². The summed E-state index contributed by atoms with van der Waals surface area (Å²) >= 11 is 13.6. The van der Waals surface area contributed by atoms with Gasteiger partial charge in [-0.15, -0.1) is 0 Å². The molecule has 3 rings (SSSR count). The highest BCUT2D eigenvalue weighted by molar-refractivity contribution is 7.22. The normalized spacial score (nSPS) is 11.0. The van der Waals surface area contributed by atoms with Crippen LogP contribution in [0.25, 0.3) is 10.2 Å². The lowest BCUT2D eigenvalue weighted by Crippen LogP contribution is -1.89. The van der Waals surface area contributed by atoms with Gasteiger partial charge in [0.05, 0.1) is 20.3 Å². The summed E-state index contributed by atoms with van der Waals surface area (Å²) in [5.74, 6) is 0. The largest absolute Gasteiger partial charge is 0.331 e. The Morgan fingerprint density at radius 3 is 2.60 bits per heavy atom. The first kappa shape index (κ1) is 13.7. The molecule has 0 bridgehead atoms. The molecule has 0 aliphatic heterocycles. The van der Waals surface area contributed by atoms with Gasteiger partial charge in [0.15, 0.2) is 5.13 Å². The summed E-state index contributed by atoms with van der Waals surface area (Å²) in [6.07, 6.45) is 0. The summed E-state index contributed by atoms with van der Waals surface area (Å²) in [5.41, 5.74) is 4.41. The zero-order chi connectivity index (χ0) is 14.3. The molecular weight excluding hydrogens is 311 g/mol. The standard InChI is InChI=1S/C15H12Cl2N2S/c1-8-3-6-13-14(9(8)2)19-15(20-13)18-10-4-5-11(16)12(17)7-10/h3-7H,1-2H3,(H,18,19). The van der Waals surface area contributed by atoms with Gasteiger partial charge < -0.3 is 5.32 Å². The highest BCUT2D eigenvalue weighted by atomic mass is 35.5. The minimum Gasteiger partial charge on any atom is -0.331 e. The predicted molar refractivity (Wildman–Crippen MR) is 88.8 cm³/mol. The van der Waals surface area contributed by atoms with Crippen molar-refractivity contribution in [2.45, 2.75) is 13.8 Å². The molecule has 1 N–H and O–H groups in total. The second-order valence-corrected chi connectivity index (χ2v) is 6.47. The maximum Gasteiger partial charge on any atom is 0.188 e. The second kappa shape index (κ2) is 5.24. The fourth-order valence-electron chi connectivity index (χ4n) is 1.98. The number of aromatic nitrogens is 1. The fraction of sp³-hybridized carbons (Fsp3) is 0.133. The molecule has 102 valence electrons. The van der Waals surface area contributed by atoms with E-state index < -0.39 is 0 Å². The smallest absolute Gasteiger partial charge is 0.188 e. The van der Waals surface area contributed by atoms with Crippen LogP contribution in [0.2, 0.25) is 10.0 Å². The van der Waals surface area contributed by atoms with E-state index in [1.165, 1.54) is 15.8 Å². The van der Waals surface area contributed by atoms with Crippen LogP contribution >= 0.6 is 34.5 Å². The summed E-state index contributed by atoms with van der Waals surface area (Å²) in [4.78, 5) is 4.65. The Kier molecular flexibility index (Phi) is 3.59. The van der Waals surface area contributed by atoms with Crippen LogP contribution in [0.4, 0.5) is 10.8 Å². The SMILES string of the molecule is Cc1ccc2sc(Nc3ccc(Cl)c(Cl)c3)nc2c1C. The number of rotatable bonds is 2. The van der Waals surface area contributed by atoms with Crippen molar-refractivity contribution in [1.82, 2.24) is 4.98 Å². The van der Waals surface area contributed by atoms with Crippen molar-refractivity contribution < 1.29 is 0 Å². The number of anilines is 2. The maximum atomic E-state index is 6.02. The number of halogens is 2. The quantitative estimate of drug-likeness (QED) is 0.629. The average Bonchev–Trinajstić information content (AvgIpc) is 2.82. The van der Waals surface area contributed by atoms with E-state index in [0.29, 0.717) is 10.0 Å². The number of nitrogens with one attached hydrogen (secondary N) is 1. The van der Waals surface area contributed by atoms with Gasteiger partial charge in [-0.1, -0.05) is 40.6 Å². The van der Waals surface area contributed by atoms with Crippen LogP contribution in [-0.2, 0) is 0 Å². The average molecular weight is 323 g/mol. The van der Waals surface area contributed by atoms with Crippen LogP contribution in [-0.4, -0.2) is 4.98 Å².